The quantitative estimate of drug-likeness (QED) is 0.359. The summed E-state index contributed by atoms with van der Waals surface area (Å²) in [7, 11) is 0.520. The van der Waals surface area contributed by atoms with E-state index in [1.165, 1.54) is 0 Å². The number of halogens is 1. The predicted octanol–water partition coefficient (Wildman–Crippen LogP) is 1.84. The Morgan fingerprint density at radius 3 is 1.38 bits per heavy atom. The Kier molecular flexibility index (Phi) is 7.84. The van der Waals surface area contributed by atoms with Crippen LogP contribution >= 0.6 is 7.26 Å². The van der Waals surface area contributed by atoms with Gasteiger partial charge in [-0.1, -0.05) is 54.6 Å². The van der Waals surface area contributed by atoms with Gasteiger partial charge in [0.2, 0.25) is 0 Å². The van der Waals surface area contributed by atoms with Crippen molar-refractivity contribution in [1.82, 2.24) is 0 Å². The molecule has 0 aliphatic carbocycles. The van der Waals surface area contributed by atoms with E-state index in [2.05, 4.69) is 36.4 Å². The highest BCUT2D eigenvalue weighted by molar-refractivity contribution is 8.08. The second-order valence-electron chi connectivity index (χ2n) is 7.05. The second kappa shape index (κ2) is 10.6. The van der Waals surface area contributed by atoms with E-state index < -0.39 is 7.26 Å². The molecule has 0 heterocycles. The van der Waals surface area contributed by atoms with Crippen LogP contribution in [0.4, 0.5) is 0 Å². The van der Waals surface area contributed by atoms with Gasteiger partial charge in [-0.15, -0.1) is 0 Å². The van der Waals surface area contributed by atoms with Crippen LogP contribution in [0.25, 0.3) is 0 Å². The van der Waals surface area contributed by atoms with Crippen LogP contribution in [0.2, 0.25) is 0 Å². The minimum absolute atomic E-state index is 0. The fourth-order valence-corrected chi connectivity index (χ4v) is 7.90. The van der Waals surface area contributed by atoms with Gasteiger partial charge in [-0.3, -0.25) is 0 Å². The summed E-state index contributed by atoms with van der Waals surface area (Å²) in [6.45, 7) is 0. The van der Waals surface area contributed by atoms with Crippen molar-refractivity contribution >= 4 is 28.7 Å². The fourth-order valence-electron chi connectivity index (χ4n) is 3.92. The van der Waals surface area contributed by atoms with Gasteiger partial charge < -0.3 is 26.5 Å². The summed E-state index contributed by atoms with van der Waals surface area (Å²) in [5.74, 6) is 1.14. The van der Waals surface area contributed by atoms with Crippen molar-refractivity contribution in [3.8, 4) is 11.5 Å². The molecule has 0 amide bonds. The molecule has 0 radical (unpaired) electrons. The molecule has 0 aliphatic rings. The molecule has 32 heavy (non-hydrogen) atoms. The number of methoxy groups -OCH3 is 2. The van der Waals surface area contributed by atoms with E-state index in [9.17, 15) is 4.79 Å². The first-order valence-corrected chi connectivity index (χ1v) is 11.8. The van der Waals surface area contributed by atoms with Gasteiger partial charge in [0, 0.05) is 0 Å². The minimum atomic E-state index is -2.66. The molecular formula is C27H24BrO3P. The Morgan fingerprint density at radius 1 is 0.594 bits per heavy atom. The zero-order chi connectivity index (χ0) is 21.7. The number of benzene rings is 4. The fraction of sp³-hybridized carbons (Fsp3) is 0.0741. The van der Waals surface area contributed by atoms with Crippen LogP contribution in [0.3, 0.4) is 0 Å². The number of carbonyl (C=O) groups excluding carboxylic acids is 1. The summed E-state index contributed by atoms with van der Waals surface area (Å²) in [6.07, 6.45) is 0. The highest BCUT2D eigenvalue weighted by Gasteiger charge is 2.53. The van der Waals surface area contributed by atoms with E-state index in [0.717, 1.165) is 15.9 Å². The zero-order valence-electron chi connectivity index (χ0n) is 17.9. The summed E-state index contributed by atoms with van der Waals surface area (Å²) in [5.41, 5.74) is 0.680. The molecule has 4 aromatic rings. The van der Waals surface area contributed by atoms with Crippen molar-refractivity contribution in [2.24, 2.45) is 0 Å². The summed E-state index contributed by atoms with van der Waals surface area (Å²) >= 11 is 0. The highest BCUT2D eigenvalue weighted by Crippen LogP contribution is 2.58. The topological polar surface area (TPSA) is 35.5 Å². The maximum atomic E-state index is 14.5. The number of ether oxygens (including phenoxy) is 2. The third-order valence-corrected chi connectivity index (χ3v) is 9.45. The number of rotatable bonds is 7. The predicted molar refractivity (Wildman–Crippen MR) is 129 cm³/mol. The zero-order valence-corrected chi connectivity index (χ0v) is 20.4. The smallest absolute Gasteiger partial charge is 0.313 e. The molecule has 0 fully saturated rings. The van der Waals surface area contributed by atoms with Crippen molar-refractivity contribution in [1.29, 1.82) is 0 Å². The van der Waals surface area contributed by atoms with Gasteiger partial charge in [0.1, 0.15) is 15.9 Å². The average Bonchev–Trinajstić information content (AvgIpc) is 2.86. The SMILES string of the molecule is COc1ccc(C(=O)[P+](c2ccccc2)(c2ccccc2)c2ccccc2)cc1OC.[Br-]. The molecule has 0 saturated heterocycles. The van der Waals surface area contributed by atoms with E-state index in [1.807, 2.05) is 60.7 Å². The molecular weight excluding hydrogens is 483 g/mol. The molecule has 0 spiro atoms. The standard InChI is InChI=1S/C27H24O3P.BrH/c1-29-25-19-18-21(20-26(25)30-2)27(28)31(22-12-6-3-7-13-22,23-14-8-4-9-15-23)24-16-10-5-11-17-24;/h3-20H,1-2H3;1H/q+1;/p-1. The molecule has 0 unspecified atom stereocenters. The minimum Gasteiger partial charge on any atom is -1.00 e. The third-order valence-electron chi connectivity index (χ3n) is 5.37. The van der Waals surface area contributed by atoms with Gasteiger partial charge >= 0.3 is 5.52 Å². The number of hydrogen-bond acceptors (Lipinski definition) is 3. The maximum Gasteiger partial charge on any atom is 0.313 e. The molecule has 0 aromatic heterocycles. The molecule has 0 N–H and O–H groups in total. The first kappa shape index (κ1) is 23.7. The van der Waals surface area contributed by atoms with Gasteiger partial charge in [0.25, 0.3) is 0 Å². The first-order valence-electron chi connectivity index (χ1n) is 10.0. The average molecular weight is 507 g/mol. The molecule has 0 atom stereocenters. The van der Waals surface area contributed by atoms with Gasteiger partial charge in [0.15, 0.2) is 18.8 Å². The Morgan fingerprint density at radius 2 is 1.00 bits per heavy atom. The Balaban J connectivity index is 0.00000289. The van der Waals surface area contributed by atoms with Gasteiger partial charge in [-0.05, 0) is 54.6 Å². The van der Waals surface area contributed by atoms with Gasteiger partial charge in [-0.2, -0.15) is 0 Å². The van der Waals surface area contributed by atoms with Crippen molar-refractivity contribution in [3.63, 3.8) is 0 Å². The summed E-state index contributed by atoms with van der Waals surface area (Å²) in [5, 5.41) is 3.06. The second-order valence-corrected chi connectivity index (χ2v) is 10.3. The van der Waals surface area contributed by atoms with Crippen molar-refractivity contribution < 1.29 is 31.2 Å². The van der Waals surface area contributed by atoms with Crippen LogP contribution in [-0.2, 0) is 0 Å². The van der Waals surface area contributed by atoms with E-state index in [4.69, 9.17) is 9.47 Å². The van der Waals surface area contributed by atoms with Gasteiger partial charge in [-0.25, -0.2) is 4.79 Å². The normalized spacial score (nSPS) is 10.7. The molecule has 4 rings (SSSR count). The molecule has 162 valence electrons. The lowest BCUT2D eigenvalue weighted by molar-refractivity contribution is -0.0000132. The van der Waals surface area contributed by atoms with Crippen molar-refractivity contribution in [2.75, 3.05) is 14.2 Å². The van der Waals surface area contributed by atoms with Crippen molar-refractivity contribution in [3.05, 3.63) is 115 Å². The maximum absolute atomic E-state index is 14.5. The summed E-state index contributed by atoms with van der Waals surface area (Å²) < 4.78 is 10.9. The third kappa shape index (κ3) is 4.21. The van der Waals surface area contributed by atoms with Crippen LogP contribution in [0.15, 0.2) is 109 Å². The molecule has 0 saturated carbocycles. The summed E-state index contributed by atoms with van der Waals surface area (Å²) in [6, 6.07) is 35.7. The summed E-state index contributed by atoms with van der Waals surface area (Å²) in [4.78, 5) is 14.5. The van der Waals surface area contributed by atoms with E-state index in [0.29, 0.717) is 17.1 Å². The van der Waals surface area contributed by atoms with Crippen LogP contribution in [0.5, 0.6) is 11.5 Å². The van der Waals surface area contributed by atoms with Gasteiger partial charge in [0.05, 0.1) is 19.8 Å². The Hall–Kier alpha value is -2.94. The molecule has 5 heteroatoms. The van der Waals surface area contributed by atoms with Crippen LogP contribution in [-0.4, -0.2) is 19.7 Å². The van der Waals surface area contributed by atoms with E-state index in [1.54, 1.807) is 26.4 Å². The van der Waals surface area contributed by atoms with E-state index >= 15 is 0 Å². The monoisotopic (exact) mass is 506 g/mol. The lowest BCUT2D eigenvalue weighted by atomic mass is 10.2. The Bertz CT molecular complexity index is 1070. The largest absolute Gasteiger partial charge is 1.00 e. The highest BCUT2D eigenvalue weighted by atomic mass is 79.9. The molecule has 0 aliphatic heterocycles. The molecule has 0 bridgehead atoms. The molecule has 3 nitrogen and oxygen atoms in total. The number of carbonyl (C=O) groups is 1. The first-order chi connectivity index (χ1) is 15.2. The van der Waals surface area contributed by atoms with Crippen LogP contribution in [0, 0.1) is 0 Å². The van der Waals surface area contributed by atoms with Crippen molar-refractivity contribution in [2.45, 2.75) is 0 Å². The lowest BCUT2D eigenvalue weighted by Gasteiger charge is -2.25. The van der Waals surface area contributed by atoms with E-state index in [-0.39, 0.29) is 22.5 Å². The van der Waals surface area contributed by atoms with Crippen LogP contribution in [0.1, 0.15) is 10.4 Å². The van der Waals surface area contributed by atoms with Crippen LogP contribution < -0.4 is 42.4 Å². The number of hydrogen-bond donors (Lipinski definition) is 0. The lowest BCUT2D eigenvalue weighted by Crippen LogP contribution is -3.00. The molecule has 4 aromatic carbocycles. The Labute approximate surface area is 200 Å².